The summed E-state index contributed by atoms with van der Waals surface area (Å²) < 4.78 is 25.7. The molecule has 3 rings (SSSR count). The van der Waals surface area contributed by atoms with Crippen LogP contribution in [0.2, 0.25) is 0 Å². The van der Waals surface area contributed by atoms with E-state index in [1.807, 2.05) is 51.1 Å². The van der Waals surface area contributed by atoms with E-state index in [-0.39, 0.29) is 22.3 Å². The van der Waals surface area contributed by atoms with Crippen molar-refractivity contribution in [2.45, 2.75) is 25.7 Å². The number of hydrogen-bond donors (Lipinski definition) is 0. The molecule has 1 atom stereocenters. The van der Waals surface area contributed by atoms with Crippen molar-refractivity contribution in [3.05, 3.63) is 84.1 Å². The van der Waals surface area contributed by atoms with Gasteiger partial charge in [0.15, 0.2) is 15.6 Å². The molecule has 0 N–H and O–H groups in total. The Labute approximate surface area is 172 Å². The van der Waals surface area contributed by atoms with Gasteiger partial charge in [-0.25, -0.2) is 8.42 Å². The minimum absolute atomic E-state index is 0.0989. The van der Waals surface area contributed by atoms with Crippen LogP contribution >= 0.6 is 0 Å². The molecule has 1 heterocycles. The summed E-state index contributed by atoms with van der Waals surface area (Å²) in [7, 11) is -3.56. The summed E-state index contributed by atoms with van der Waals surface area (Å²) >= 11 is 0. The molecule has 0 amide bonds. The first-order valence-corrected chi connectivity index (χ1v) is 11.3. The number of aromatic nitrogens is 1. The van der Waals surface area contributed by atoms with Gasteiger partial charge in [-0.1, -0.05) is 61.9 Å². The lowest BCUT2D eigenvalue weighted by atomic mass is 9.89. The van der Waals surface area contributed by atoms with Gasteiger partial charge in [0.05, 0.1) is 16.3 Å². The molecule has 0 saturated heterocycles. The predicted molar refractivity (Wildman–Crippen MR) is 116 cm³/mol. The van der Waals surface area contributed by atoms with Gasteiger partial charge in [-0.3, -0.25) is 9.78 Å². The Morgan fingerprint density at radius 2 is 1.59 bits per heavy atom. The first-order valence-electron chi connectivity index (χ1n) is 9.63. The number of rotatable bonds is 7. The lowest BCUT2D eigenvalue weighted by Crippen LogP contribution is -2.28. The highest BCUT2D eigenvalue weighted by atomic mass is 32.2. The number of nitrogens with zero attached hydrogens (tertiary/aromatic N) is 1. The van der Waals surface area contributed by atoms with Crippen molar-refractivity contribution in [1.82, 2.24) is 4.98 Å². The summed E-state index contributed by atoms with van der Waals surface area (Å²) in [5.41, 5.74) is 3.25. The molecule has 150 valence electrons. The van der Waals surface area contributed by atoms with Crippen LogP contribution in [0.15, 0.2) is 77.8 Å². The smallest absolute Gasteiger partial charge is 0.179 e. The summed E-state index contributed by atoms with van der Waals surface area (Å²) in [5.74, 6) is -1.06. The van der Waals surface area contributed by atoms with Crippen LogP contribution in [-0.4, -0.2) is 24.9 Å². The van der Waals surface area contributed by atoms with E-state index in [0.29, 0.717) is 5.56 Å². The van der Waals surface area contributed by atoms with E-state index in [9.17, 15) is 13.2 Å². The molecule has 3 aromatic rings. The number of Topliss-reactive ketones (excluding diaryl/α,β-unsaturated/α-hetero) is 1. The fourth-order valence-corrected chi connectivity index (χ4v) is 4.95. The van der Waals surface area contributed by atoms with Gasteiger partial charge in [-0.05, 0) is 37.1 Å². The van der Waals surface area contributed by atoms with Gasteiger partial charge in [-0.15, -0.1) is 0 Å². The summed E-state index contributed by atoms with van der Waals surface area (Å²) in [4.78, 5) is 17.7. The Morgan fingerprint density at radius 1 is 0.931 bits per heavy atom. The number of carbonyl (C=O) groups excluding carboxylic acids is 1. The molecular formula is C24H25NO3S. The van der Waals surface area contributed by atoms with Gasteiger partial charge in [-0.2, -0.15) is 0 Å². The van der Waals surface area contributed by atoms with Gasteiger partial charge >= 0.3 is 0 Å². The summed E-state index contributed by atoms with van der Waals surface area (Å²) in [6, 6.07) is 19.6. The molecule has 1 unspecified atom stereocenters. The molecule has 0 bridgehead atoms. The van der Waals surface area contributed by atoms with Crippen LogP contribution in [0.5, 0.6) is 0 Å². The Kier molecular flexibility index (Phi) is 6.28. The van der Waals surface area contributed by atoms with Gasteiger partial charge < -0.3 is 0 Å². The van der Waals surface area contributed by atoms with Gasteiger partial charge in [0.2, 0.25) is 0 Å². The first-order chi connectivity index (χ1) is 13.8. The molecule has 0 radical (unpaired) electrons. The number of benzene rings is 2. The van der Waals surface area contributed by atoms with Crippen LogP contribution in [0.4, 0.5) is 0 Å². The number of sulfone groups is 1. The molecule has 0 saturated carbocycles. The summed E-state index contributed by atoms with van der Waals surface area (Å²) in [6.45, 7) is 5.68. The highest BCUT2D eigenvalue weighted by Crippen LogP contribution is 2.25. The fourth-order valence-electron chi connectivity index (χ4n) is 3.20. The summed E-state index contributed by atoms with van der Waals surface area (Å²) in [5, 5.41) is 0. The van der Waals surface area contributed by atoms with Crippen molar-refractivity contribution in [3.63, 3.8) is 0 Å². The zero-order valence-corrected chi connectivity index (χ0v) is 17.7. The average Bonchev–Trinajstić information content (AvgIpc) is 2.72. The van der Waals surface area contributed by atoms with Crippen LogP contribution in [-0.2, 0) is 9.84 Å². The predicted octanol–water partition coefficient (Wildman–Crippen LogP) is 4.99. The molecule has 0 aliphatic carbocycles. The first kappa shape index (κ1) is 20.9. The standard InChI is InChI=1S/C24H25NO3S/c1-17(2)22(16-29(27,28)21-13-7-18(3)8-14-21)24(26)20-11-9-19(10-12-20)23-6-4-5-15-25-23/h4-15,17,22H,16H2,1-3H3. The number of pyridine rings is 1. The van der Waals surface area contributed by atoms with Crippen molar-refractivity contribution in [2.75, 3.05) is 5.75 Å². The number of aryl methyl sites for hydroxylation is 1. The third kappa shape index (κ3) is 4.98. The minimum atomic E-state index is -3.56. The van der Waals surface area contributed by atoms with Crippen LogP contribution in [0.25, 0.3) is 11.3 Å². The van der Waals surface area contributed by atoms with E-state index >= 15 is 0 Å². The van der Waals surface area contributed by atoms with Crippen molar-refractivity contribution in [2.24, 2.45) is 11.8 Å². The monoisotopic (exact) mass is 407 g/mol. The van der Waals surface area contributed by atoms with Crippen LogP contribution in [0, 0.1) is 18.8 Å². The molecule has 5 heteroatoms. The average molecular weight is 408 g/mol. The molecule has 0 spiro atoms. The van der Waals surface area contributed by atoms with E-state index in [1.54, 1.807) is 42.6 Å². The zero-order valence-electron chi connectivity index (χ0n) is 16.9. The number of ketones is 1. The van der Waals surface area contributed by atoms with Gasteiger partial charge in [0.1, 0.15) is 0 Å². The second-order valence-corrected chi connectivity index (χ2v) is 9.64. The van der Waals surface area contributed by atoms with Crippen molar-refractivity contribution >= 4 is 15.6 Å². The molecule has 29 heavy (non-hydrogen) atoms. The van der Waals surface area contributed by atoms with E-state index < -0.39 is 15.8 Å². The Bertz CT molecular complexity index is 1070. The SMILES string of the molecule is Cc1ccc(S(=O)(=O)CC(C(=O)c2ccc(-c3ccccn3)cc2)C(C)C)cc1. The van der Waals surface area contributed by atoms with Crippen LogP contribution in [0.1, 0.15) is 29.8 Å². The minimum Gasteiger partial charge on any atom is -0.294 e. The molecule has 0 aliphatic rings. The number of carbonyl (C=O) groups is 1. The maximum absolute atomic E-state index is 13.1. The maximum Gasteiger partial charge on any atom is 0.179 e. The normalized spacial score (nSPS) is 12.7. The quantitative estimate of drug-likeness (QED) is 0.518. The molecule has 4 nitrogen and oxygen atoms in total. The largest absolute Gasteiger partial charge is 0.294 e. The lowest BCUT2D eigenvalue weighted by Gasteiger charge is -2.20. The molecule has 0 fully saturated rings. The number of hydrogen-bond acceptors (Lipinski definition) is 4. The van der Waals surface area contributed by atoms with E-state index in [1.165, 1.54) is 0 Å². The molecule has 0 aliphatic heterocycles. The summed E-state index contributed by atoms with van der Waals surface area (Å²) in [6.07, 6.45) is 1.72. The third-order valence-corrected chi connectivity index (χ3v) is 6.84. The second kappa shape index (κ2) is 8.70. The highest BCUT2D eigenvalue weighted by Gasteiger charge is 2.30. The zero-order chi connectivity index (χ0) is 21.0. The molecule has 1 aromatic heterocycles. The molecular weight excluding hydrogens is 382 g/mol. The van der Waals surface area contributed by atoms with E-state index in [0.717, 1.165) is 16.8 Å². The van der Waals surface area contributed by atoms with E-state index in [4.69, 9.17) is 0 Å². The van der Waals surface area contributed by atoms with Crippen molar-refractivity contribution < 1.29 is 13.2 Å². The lowest BCUT2D eigenvalue weighted by molar-refractivity contribution is 0.0901. The Balaban J connectivity index is 1.83. The highest BCUT2D eigenvalue weighted by molar-refractivity contribution is 7.91. The van der Waals surface area contributed by atoms with Crippen LogP contribution < -0.4 is 0 Å². The molecule has 2 aromatic carbocycles. The Hall–Kier alpha value is -2.79. The fraction of sp³-hybridized carbons (Fsp3) is 0.250. The topological polar surface area (TPSA) is 64.1 Å². The third-order valence-electron chi connectivity index (χ3n) is 5.05. The van der Waals surface area contributed by atoms with E-state index in [2.05, 4.69) is 4.98 Å². The maximum atomic E-state index is 13.1. The van der Waals surface area contributed by atoms with Gasteiger partial charge in [0.25, 0.3) is 0 Å². The Morgan fingerprint density at radius 3 is 2.14 bits per heavy atom. The van der Waals surface area contributed by atoms with Gasteiger partial charge in [0, 0.05) is 23.2 Å². The van der Waals surface area contributed by atoms with Crippen LogP contribution in [0.3, 0.4) is 0 Å². The van der Waals surface area contributed by atoms with Crippen molar-refractivity contribution in [3.8, 4) is 11.3 Å². The second-order valence-electron chi connectivity index (χ2n) is 7.60. The van der Waals surface area contributed by atoms with Crippen molar-refractivity contribution in [1.29, 1.82) is 0 Å².